The highest BCUT2D eigenvalue weighted by Gasteiger charge is 2.13. The van der Waals surface area contributed by atoms with Gasteiger partial charge in [-0.25, -0.2) is 4.79 Å². The molecule has 0 aliphatic heterocycles. The Kier molecular flexibility index (Phi) is 5.36. The molecule has 0 unspecified atom stereocenters. The van der Waals surface area contributed by atoms with E-state index in [-0.39, 0.29) is 11.5 Å². The van der Waals surface area contributed by atoms with Crippen LogP contribution in [0.2, 0.25) is 0 Å². The van der Waals surface area contributed by atoms with E-state index in [0.717, 1.165) is 19.3 Å². The van der Waals surface area contributed by atoms with Crippen LogP contribution in [0.3, 0.4) is 0 Å². The molecule has 0 aliphatic rings. The Morgan fingerprint density at radius 1 is 1.22 bits per heavy atom. The number of amides is 1. The fourth-order valence-corrected chi connectivity index (χ4v) is 1.71. The highest BCUT2D eigenvalue weighted by molar-refractivity contribution is 5.97. The van der Waals surface area contributed by atoms with Crippen molar-refractivity contribution in [1.82, 2.24) is 4.90 Å². The van der Waals surface area contributed by atoms with E-state index < -0.39 is 5.97 Å². The summed E-state index contributed by atoms with van der Waals surface area (Å²) in [7, 11) is 1.74. The van der Waals surface area contributed by atoms with Crippen molar-refractivity contribution in [2.75, 3.05) is 13.6 Å². The molecule has 98 valence electrons. The number of nitrogens with zero attached hydrogens (tertiary/aromatic N) is 1. The number of carboxylic acids is 1. The zero-order valence-corrected chi connectivity index (χ0v) is 10.8. The van der Waals surface area contributed by atoms with Gasteiger partial charge in [-0.1, -0.05) is 25.8 Å². The fourth-order valence-electron chi connectivity index (χ4n) is 1.71. The molecule has 0 atom stereocenters. The molecule has 0 spiro atoms. The summed E-state index contributed by atoms with van der Waals surface area (Å²) in [6.45, 7) is 2.81. The van der Waals surface area contributed by atoms with Gasteiger partial charge in [-0.05, 0) is 24.6 Å². The average molecular weight is 249 g/mol. The minimum Gasteiger partial charge on any atom is -0.478 e. The lowest BCUT2D eigenvalue weighted by Crippen LogP contribution is -2.27. The van der Waals surface area contributed by atoms with Crippen molar-refractivity contribution in [3.63, 3.8) is 0 Å². The van der Waals surface area contributed by atoms with Crippen molar-refractivity contribution in [3.05, 3.63) is 35.4 Å². The molecule has 0 saturated heterocycles. The van der Waals surface area contributed by atoms with Gasteiger partial charge in [0.2, 0.25) is 0 Å². The number of rotatable bonds is 6. The van der Waals surface area contributed by atoms with E-state index in [9.17, 15) is 9.59 Å². The molecule has 0 radical (unpaired) electrons. The predicted molar refractivity (Wildman–Crippen MR) is 69.9 cm³/mol. The van der Waals surface area contributed by atoms with Crippen LogP contribution in [0.1, 0.15) is 46.9 Å². The van der Waals surface area contributed by atoms with Gasteiger partial charge in [0.15, 0.2) is 0 Å². The molecule has 0 heterocycles. The van der Waals surface area contributed by atoms with E-state index in [1.807, 2.05) is 0 Å². The first kappa shape index (κ1) is 14.2. The van der Waals surface area contributed by atoms with Crippen molar-refractivity contribution >= 4 is 11.9 Å². The molecular weight excluding hydrogens is 230 g/mol. The highest BCUT2D eigenvalue weighted by atomic mass is 16.4. The molecule has 1 N–H and O–H groups in total. The summed E-state index contributed by atoms with van der Waals surface area (Å²) < 4.78 is 0. The molecule has 18 heavy (non-hydrogen) atoms. The van der Waals surface area contributed by atoms with Crippen LogP contribution in [0.4, 0.5) is 0 Å². The summed E-state index contributed by atoms with van der Waals surface area (Å²) in [5.41, 5.74) is 0.566. The van der Waals surface area contributed by atoms with Gasteiger partial charge in [0, 0.05) is 19.2 Å². The van der Waals surface area contributed by atoms with Crippen LogP contribution in [0.5, 0.6) is 0 Å². The SMILES string of the molecule is CCCCCN(C)C(=O)c1cccc(C(=O)O)c1. The monoisotopic (exact) mass is 249 g/mol. The van der Waals surface area contributed by atoms with Crippen LogP contribution >= 0.6 is 0 Å². The zero-order chi connectivity index (χ0) is 13.5. The lowest BCUT2D eigenvalue weighted by atomic mass is 10.1. The Balaban J connectivity index is 2.71. The van der Waals surface area contributed by atoms with Gasteiger partial charge in [0.1, 0.15) is 0 Å². The minimum atomic E-state index is -1.02. The van der Waals surface area contributed by atoms with Gasteiger partial charge < -0.3 is 10.0 Å². The molecule has 4 heteroatoms. The molecule has 1 aromatic carbocycles. The van der Waals surface area contributed by atoms with E-state index >= 15 is 0 Å². The lowest BCUT2D eigenvalue weighted by molar-refractivity contribution is 0.0697. The maximum atomic E-state index is 12.0. The molecule has 0 fully saturated rings. The predicted octanol–water partition coefficient (Wildman–Crippen LogP) is 2.65. The molecule has 0 aromatic heterocycles. The summed E-state index contributed by atoms with van der Waals surface area (Å²) in [5.74, 6) is -1.15. The van der Waals surface area contributed by atoms with Gasteiger partial charge in [-0.2, -0.15) is 0 Å². The smallest absolute Gasteiger partial charge is 0.335 e. The molecule has 0 saturated carbocycles. The number of hydrogen-bond donors (Lipinski definition) is 1. The summed E-state index contributed by atoms with van der Waals surface area (Å²) in [4.78, 5) is 24.5. The second kappa shape index (κ2) is 6.79. The Bertz CT molecular complexity index is 429. The summed E-state index contributed by atoms with van der Waals surface area (Å²) in [6.07, 6.45) is 3.17. The quantitative estimate of drug-likeness (QED) is 0.788. The van der Waals surface area contributed by atoms with E-state index in [1.54, 1.807) is 24.1 Å². The number of hydrogen-bond acceptors (Lipinski definition) is 2. The fraction of sp³-hybridized carbons (Fsp3) is 0.429. The minimum absolute atomic E-state index is 0.130. The zero-order valence-electron chi connectivity index (χ0n) is 10.8. The van der Waals surface area contributed by atoms with Crippen molar-refractivity contribution in [1.29, 1.82) is 0 Å². The van der Waals surface area contributed by atoms with Crippen molar-refractivity contribution < 1.29 is 14.7 Å². The normalized spacial score (nSPS) is 10.1. The molecule has 1 aromatic rings. The number of carbonyl (C=O) groups is 2. The topological polar surface area (TPSA) is 57.6 Å². The van der Waals surface area contributed by atoms with Crippen molar-refractivity contribution in [2.45, 2.75) is 26.2 Å². The number of carboxylic acid groups (broad SMARTS) is 1. The first-order valence-corrected chi connectivity index (χ1v) is 6.15. The van der Waals surface area contributed by atoms with E-state index in [4.69, 9.17) is 5.11 Å². The first-order chi connectivity index (χ1) is 8.56. The van der Waals surface area contributed by atoms with Crippen LogP contribution in [-0.4, -0.2) is 35.5 Å². The Labute approximate surface area is 107 Å². The van der Waals surface area contributed by atoms with Crippen molar-refractivity contribution in [3.8, 4) is 0 Å². The van der Waals surface area contributed by atoms with Crippen LogP contribution in [0.15, 0.2) is 24.3 Å². The van der Waals surface area contributed by atoms with Crippen LogP contribution < -0.4 is 0 Å². The van der Waals surface area contributed by atoms with Gasteiger partial charge in [-0.3, -0.25) is 4.79 Å². The Morgan fingerprint density at radius 2 is 1.89 bits per heavy atom. The third kappa shape index (κ3) is 3.87. The van der Waals surface area contributed by atoms with E-state index in [0.29, 0.717) is 12.1 Å². The average Bonchev–Trinajstić information content (AvgIpc) is 2.38. The molecule has 0 bridgehead atoms. The summed E-state index contributed by atoms with van der Waals surface area (Å²) >= 11 is 0. The third-order valence-corrected chi connectivity index (χ3v) is 2.80. The second-order valence-electron chi connectivity index (χ2n) is 4.32. The number of aromatic carboxylic acids is 1. The Hall–Kier alpha value is -1.84. The van der Waals surface area contributed by atoms with Gasteiger partial charge in [0.25, 0.3) is 5.91 Å². The summed E-state index contributed by atoms with van der Waals surface area (Å²) in [6, 6.07) is 6.14. The summed E-state index contributed by atoms with van der Waals surface area (Å²) in [5, 5.41) is 8.88. The Morgan fingerprint density at radius 3 is 2.50 bits per heavy atom. The van der Waals surface area contributed by atoms with Gasteiger partial charge >= 0.3 is 5.97 Å². The van der Waals surface area contributed by atoms with Crippen LogP contribution in [0, 0.1) is 0 Å². The molecule has 1 rings (SSSR count). The molecule has 1 amide bonds. The largest absolute Gasteiger partial charge is 0.478 e. The third-order valence-electron chi connectivity index (χ3n) is 2.80. The number of carbonyl (C=O) groups excluding carboxylic acids is 1. The number of benzene rings is 1. The maximum absolute atomic E-state index is 12.0. The van der Waals surface area contributed by atoms with Gasteiger partial charge in [0.05, 0.1) is 5.56 Å². The molecule has 4 nitrogen and oxygen atoms in total. The first-order valence-electron chi connectivity index (χ1n) is 6.15. The standard InChI is InChI=1S/C14H19NO3/c1-3-4-5-9-15(2)13(16)11-7-6-8-12(10-11)14(17)18/h6-8,10H,3-5,9H2,1-2H3,(H,17,18). The molecule has 0 aliphatic carbocycles. The van der Waals surface area contributed by atoms with Crippen LogP contribution in [-0.2, 0) is 0 Å². The maximum Gasteiger partial charge on any atom is 0.335 e. The second-order valence-corrected chi connectivity index (χ2v) is 4.32. The van der Waals surface area contributed by atoms with E-state index in [1.165, 1.54) is 12.1 Å². The van der Waals surface area contributed by atoms with Gasteiger partial charge in [-0.15, -0.1) is 0 Å². The van der Waals surface area contributed by atoms with Crippen LogP contribution in [0.25, 0.3) is 0 Å². The van der Waals surface area contributed by atoms with E-state index in [2.05, 4.69) is 6.92 Å². The lowest BCUT2D eigenvalue weighted by Gasteiger charge is -2.17. The van der Waals surface area contributed by atoms with Crippen molar-refractivity contribution in [2.24, 2.45) is 0 Å². The highest BCUT2D eigenvalue weighted by Crippen LogP contribution is 2.09. The molecular formula is C14H19NO3. The number of unbranched alkanes of at least 4 members (excludes halogenated alkanes) is 2.